The molecule has 22 heavy (non-hydrogen) atoms. The van der Waals surface area contributed by atoms with Crippen molar-refractivity contribution in [2.24, 2.45) is 11.8 Å². The summed E-state index contributed by atoms with van der Waals surface area (Å²) in [5.41, 5.74) is 0.946. The number of carbonyl (C=O) groups is 2. The molecule has 1 aromatic heterocycles. The summed E-state index contributed by atoms with van der Waals surface area (Å²) in [7, 11) is 3.28. The second-order valence-electron chi connectivity index (χ2n) is 6.13. The minimum absolute atomic E-state index is 0.0744. The lowest BCUT2D eigenvalue weighted by atomic mass is 10.1. The van der Waals surface area contributed by atoms with Crippen LogP contribution in [0.5, 0.6) is 0 Å². The number of urea groups is 1. The zero-order valence-electron chi connectivity index (χ0n) is 13.7. The number of nitrogens with one attached hydrogen (secondary N) is 2. The molecule has 0 aliphatic heterocycles. The number of hydrogen-bond donors (Lipinski definition) is 2. The van der Waals surface area contributed by atoms with Crippen molar-refractivity contribution < 1.29 is 9.59 Å². The van der Waals surface area contributed by atoms with Crippen molar-refractivity contribution in [2.45, 2.75) is 33.2 Å². The predicted molar refractivity (Wildman–Crippen MR) is 84.6 cm³/mol. The molecular weight excluding hydrogens is 282 g/mol. The third-order valence-electron chi connectivity index (χ3n) is 3.96. The van der Waals surface area contributed by atoms with Crippen molar-refractivity contribution in [3.8, 4) is 0 Å². The maximum Gasteiger partial charge on any atom is 0.322 e. The highest BCUT2D eigenvalue weighted by atomic mass is 16.2. The molecule has 122 valence electrons. The van der Waals surface area contributed by atoms with Gasteiger partial charge in [-0.05, 0) is 25.7 Å². The van der Waals surface area contributed by atoms with E-state index in [1.165, 1.54) is 17.7 Å². The molecule has 1 aromatic rings. The predicted octanol–water partition coefficient (Wildman–Crippen LogP) is 1.45. The third kappa shape index (κ3) is 3.99. The summed E-state index contributed by atoms with van der Waals surface area (Å²) in [4.78, 5) is 25.4. The first-order valence-corrected chi connectivity index (χ1v) is 7.68. The molecule has 0 spiro atoms. The van der Waals surface area contributed by atoms with Gasteiger partial charge in [0, 0.05) is 32.7 Å². The Morgan fingerprint density at radius 1 is 1.50 bits per heavy atom. The summed E-state index contributed by atoms with van der Waals surface area (Å²) in [5, 5.41) is 9.83. The molecule has 7 nitrogen and oxygen atoms in total. The number of hydrogen-bond acceptors (Lipinski definition) is 3. The Morgan fingerprint density at radius 2 is 2.18 bits per heavy atom. The molecule has 0 saturated heterocycles. The lowest BCUT2D eigenvalue weighted by Crippen LogP contribution is -2.39. The molecule has 1 aliphatic rings. The SMILES string of the molecule is CNC(=O)[C@H](C)CN(C)C(=O)Nc1c(C)cnn1CC1CC1. The standard InChI is InChI=1S/C15H25N5O2/c1-10-7-17-20(9-12-5-6-12)13(10)18-15(22)19(4)8-11(2)14(21)16-3/h7,11-12H,5-6,8-9H2,1-4H3,(H,16,21)(H,18,22)/t11-/m1/s1. The molecule has 1 aliphatic carbocycles. The number of aromatic nitrogens is 2. The number of carbonyl (C=O) groups excluding carboxylic acids is 2. The minimum Gasteiger partial charge on any atom is -0.359 e. The van der Waals surface area contributed by atoms with E-state index in [-0.39, 0.29) is 17.9 Å². The maximum absolute atomic E-state index is 12.3. The second kappa shape index (κ2) is 6.81. The molecule has 0 bridgehead atoms. The van der Waals surface area contributed by atoms with E-state index < -0.39 is 0 Å². The van der Waals surface area contributed by atoms with E-state index >= 15 is 0 Å². The van der Waals surface area contributed by atoms with E-state index in [4.69, 9.17) is 0 Å². The molecule has 0 radical (unpaired) electrons. The van der Waals surface area contributed by atoms with Gasteiger partial charge >= 0.3 is 6.03 Å². The van der Waals surface area contributed by atoms with Crippen LogP contribution in [0.4, 0.5) is 10.6 Å². The monoisotopic (exact) mass is 307 g/mol. The summed E-state index contributed by atoms with van der Waals surface area (Å²) in [6.45, 7) is 4.94. The van der Waals surface area contributed by atoms with Gasteiger partial charge in [0.25, 0.3) is 0 Å². The Hall–Kier alpha value is -2.05. The quantitative estimate of drug-likeness (QED) is 0.835. The molecular formula is C15H25N5O2. The van der Waals surface area contributed by atoms with Gasteiger partial charge in [-0.3, -0.25) is 10.1 Å². The van der Waals surface area contributed by atoms with Crippen LogP contribution in [0.1, 0.15) is 25.3 Å². The van der Waals surface area contributed by atoms with Gasteiger partial charge in [-0.15, -0.1) is 0 Å². The van der Waals surface area contributed by atoms with E-state index in [0.717, 1.165) is 17.9 Å². The van der Waals surface area contributed by atoms with Crippen LogP contribution in [0.15, 0.2) is 6.20 Å². The normalized spacial score (nSPS) is 15.3. The summed E-state index contributed by atoms with van der Waals surface area (Å²) in [6, 6.07) is -0.226. The van der Waals surface area contributed by atoms with Crippen molar-refractivity contribution in [1.29, 1.82) is 0 Å². The van der Waals surface area contributed by atoms with Crippen LogP contribution in [0.2, 0.25) is 0 Å². The van der Waals surface area contributed by atoms with E-state index in [1.807, 2.05) is 11.6 Å². The van der Waals surface area contributed by atoms with E-state index in [1.54, 1.807) is 27.2 Å². The van der Waals surface area contributed by atoms with Crippen LogP contribution < -0.4 is 10.6 Å². The maximum atomic E-state index is 12.3. The highest BCUT2D eigenvalue weighted by molar-refractivity contribution is 5.89. The third-order valence-corrected chi connectivity index (χ3v) is 3.96. The number of nitrogens with zero attached hydrogens (tertiary/aromatic N) is 3. The second-order valence-corrected chi connectivity index (χ2v) is 6.13. The number of amides is 3. The van der Waals surface area contributed by atoms with Gasteiger partial charge < -0.3 is 10.2 Å². The number of anilines is 1. The Kier molecular flexibility index (Phi) is 5.05. The Morgan fingerprint density at radius 3 is 2.77 bits per heavy atom. The average molecular weight is 307 g/mol. The molecule has 1 atom stereocenters. The molecule has 1 heterocycles. The molecule has 0 aromatic carbocycles. The fourth-order valence-electron chi connectivity index (χ4n) is 2.35. The molecule has 2 rings (SSSR count). The highest BCUT2D eigenvalue weighted by Crippen LogP contribution is 2.31. The molecule has 1 saturated carbocycles. The first-order valence-electron chi connectivity index (χ1n) is 7.68. The highest BCUT2D eigenvalue weighted by Gasteiger charge is 2.25. The van der Waals surface area contributed by atoms with Crippen molar-refractivity contribution in [2.75, 3.05) is 26.0 Å². The molecule has 7 heteroatoms. The summed E-state index contributed by atoms with van der Waals surface area (Å²) < 4.78 is 1.86. The zero-order valence-corrected chi connectivity index (χ0v) is 13.7. The van der Waals surface area contributed by atoms with Crippen molar-refractivity contribution >= 4 is 17.8 Å². The van der Waals surface area contributed by atoms with Gasteiger partial charge in [-0.1, -0.05) is 6.92 Å². The zero-order chi connectivity index (χ0) is 16.3. The first-order chi connectivity index (χ1) is 10.4. The summed E-state index contributed by atoms with van der Waals surface area (Å²) in [6.07, 6.45) is 4.23. The Labute approximate surface area is 131 Å². The topological polar surface area (TPSA) is 79.3 Å². The van der Waals surface area contributed by atoms with Crippen molar-refractivity contribution in [1.82, 2.24) is 20.0 Å². The van der Waals surface area contributed by atoms with E-state index in [0.29, 0.717) is 12.5 Å². The molecule has 2 N–H and O–H groups in total. The fourth-order valence-corrected chi connectivity index (χ4v) is 2.35. The minimum atomic E-state index is -0.252. The van der Waals surface area contributed by atoms with Gasteiger partial charge in [0.1, 0.15) is 5.82 Å². The number of rotatable bonds is 6. The first kappa shape index (κ1) is 16.3. The Bertz CT molecular complexity index is 550. The molecule has 1 fully saturated rings. The van der Waals surface area contributed by atoms with Gasteiger partial charge in [-0.25, -0.2) is 9.48 Å². The Balaban J connectivity index is 1.96. The number of aryl methyl sites for hydroxylation is 1. The summed E-state index contributed by atoms with van der Waals surface area (Å²) >= 11 is 0. The van der Waals surface area contributed by atoms with Crippen LogP contribution in [0, 0.1) is 18.8 Å². The molecule has 3 amide bonds. The van der Waals surface area contributed by atoms with Gasteiger partial charge in [0.15, 0.2) is 0 Å². The van der Waals surface area contributed by atoms with E-state index in [2.05, 4.69) is 15.7 Å². The van der Waals surface area contributed by atoms with Crippen LogP contribution in [0.3, 0.4) is 0 Å². The van der Waals surface area contributed by atoms with Crippen LogP contribution >= 0.6 is 0 Å². The van der Waals surface area contributed by atoms with Gasteiger partial charge in [-0.2, -0.15) is 5.10 Å². The summed E-state index contributed by atoms with van der Waals surface area (Å²) in [5.74, 6) is 1.10. The molecule has 0 unspecified atom stereocenters. The largest absolute Gasteiger partial charge is 0.359 e. The lowest BCUT2D eigenvalue weighted by molar-refractivity contribution is -0.124. The average Bonchev–Trinajstić information content (AvgIpc) is 3.25. The van der Waals surface area contributed by atoms with Crippen molar-refractivity contribution in [3.63, 3.8) is 0 Å². The van der Waals surface area contributed by atoms with E-state index in [9.17, 15) is 9.59 Å². The lowest BCUT2D eigenvalue weighted by Gasteiger charge is -2.21. The van der Waals surface area contributed by atoms with Crippen LogP contribution in [-0.4, -0.2) is 47.3 Å². The smallest absolute Gasteiger partial charge is 0.322 e. The van der Waals surface area contributed by atoms with Crippen LogP contribution in [-0.2, 0) is 11.3 Å². The van der Waals surface area contributed by atoms with Crippen molar-refractivity contribution in [3.05, 3.63) is 11.8 Å². The van der Waals surface area contributed by atoms with Gasteiger partial charge in [0.2, 0.25) is 5.91 Å². The fraction of sp³-hybridized carbons (Fsp3) is 0.667. The van der Waals surface area contributed by atoms with Gasteiger partial charge in [0.05, 0.1) is 12.1 Å². The van der Waals surface area contributed by atoms with Crippen LogP contribution in [0.25, 0.3) is 0 Å².